The van der Waals surface area contributed by atoms with E-state index in [-0.39, 0.29) is 39.9 Å². The van der Waals surface area contributed by atoms with E-state index < -0.39 is 57.8 Å². The fourth-order valence-corrected chi connectivity index (χ4v) is 8.78. The Hall–Kier alpha value is -7.76. The van der Waals surface area contributed by atoms with Crippen LogP contribution in [0.5, 0.6) is 0 Å². The predicted molar refractivity (Wildman–Crippen MR) is 249 cm³/mol. The summed E-state index contributed by atoms with van der Waals surface area (Å²) in [5.74, 6) is -22.0. The van der Waals surface area contributed by atoms with Crippen LogP contribution < -0.4 is 0 Å². The standard InChI is InChI=1S/C53H35ClF7N5O2/c1-2-68-50(67)34(29-62)45-46(49(55)51(56,57)52(58,59)53(54,60)61)48-44(33-21-13-6-14-22-33)40-28-26-38(65-40)42(31-17-9-4-10-18-31)36-24-23-35(63-36)41(30-15-7-3-8-16-30)37-25-27-39(64-37)43(47(45)66-48)32-19-11-5-12-20-32/h3-28,34,45,64-65H,2H2,1H3/b41-35?,41-37?,42-36?,42-38?,43-39?,44-40?,47-43?,48-44?,49-46+. The molecule has 5 heterocycles. The van der Waals surface area contributed by atoms with Crippen LogP contribution in [-0.4, -0.2) is 49.7 Å². The molecule has 2 N–H and O–H groups in total. The fourth-order valence-electron chi connectivity index (χ4n) is 8.66. The minimum Gasteiger partial charge on any atom is -0.465 e. The number of aromatic amines is 2. The number of esters is 1. The zero-order valence-corrected chi connectivity index (χ0v) is 36.3. The highest BCUT2D eigenvalue weighted by molar-refractivity contribution is 6.22. The average Bonchev–Trinajstić information content (AvgIpc) is 4.18. The number of hydrogen-bond acceptors (Lipinski definition) is 5. The maximum atomic E-state index is 17.6. The largest absolute Gasteiger partial charge is 0.465 e. The third kappa shape index (κ3) is 7.82. The van der Waals surface area contributed by atoms with E-state index in [0.717, 1.165) is 5.56 Å². The number of carbonyl (C=O) groups excluding carboxylic acids is 1. The molecule has 7 aromatic rings. The minimum atomic E-state index is -6.57. The smallest absolute Gasteiger partial charge is 0.393 e. The number of nitrogens with zero attached hydrogens (tertiary/aromatic N) is 3. The van der Waals surface area contributed by atoms with Crippen molar-refractivity contribution in [1.29, 1.82) is 5.26 Å². The summed E-state index contributed by atoms with van der Waals surface area (Å²) in [4.78, 5) is 30.7. The molecule has 0 spiro atoms. The van der Waals surface area contributed by atoms with Crippen molar-refractivity contribution in [3.63, 3.8) is 0 Å². The van der Waals surface area contributed by atoms with Crippen LogP contribution >= 0.6 is 11.6 Å². The van der Waals surface area contributed by atoms with Gasteiger partial charge in [-0.25, -0.2) is 9.37 Å². The summed E-state index contributed by atoms with van der Waals surface area (Å²) in [6, 6.07) is 42.6. The molecule has 0 saturated carbocycles. The first kappa shape index (κ1) is 45.4. The van der Waals surface area contributed by atoms with Crippen LogP contribution in [0.4, 0.5) is 30.7 Å². The number of alkyl halides is 7. The summed E-state index contributed by atoms with van der Waals surface area (Å²) in [6.45, 7) is 1.05. The molecule has 0 saturated heterocycles. The van der Waals surface area contributed by atoms with Gasteiger partial charge in [-0.15, -0.1) is 0 Å². The molecule has 15 heteroatoms. The van der Waals surface area contributed by atoms with Crippen molar-refractivity contribution in [3.05, 3.63) is 174 Å². The third-order valence-corrected chi connectivity index (χ3v) is 12.0. The Labute approximate surface area is 388 Å². The van der Waals surface area contributed by atoms with Gasteiger partial charge in [0, 0.05) is 49.9 Å². The van der Waals surface area contributed by atoms with E-state index in [1.54, 1.807) is 72.8 Å². The van der Waals surface area contributed by atoms with Gasteiger partial charge in [-0.2, -0.15) is 31.6 Å². The van der Waals surface area contributed by atoms with E-state index in [2.05, 4.69) is 21.6 Å². The van der Waals surface area contributed by atoms with E-state index in [1.807, 2.05) is 72.8 Å². The van der Waals surface area contributed by atoms with Crippen molar-refractivity contribution in [2.24, 2.45) is 5.92 Å². The lowest BCUT2D eigenvalue weighted by molar-refractivity contribution is -0.269. The van der Waals surface area contributed by atoms with Crippen molar-refractivity contribution in [3.8, 4) is 50.6 Å². The van der Waals surface area contributed by atoms with E-state index >= 15 is 22.0 Å². The number of hydrogen-bond donors (Lipinski definition) is 2. The molecule has 68 heavy (non-hydrogen) atoms. The number of nitrogens with one attached hydrogen (secondary N) is 2. The molecule has 0 aliphatic carbocycles. The summed E-state index contributed by atoms with van der Waals surface area (Å²) >= 11 is 4.66. The number of carbonyl (C=O) groups is 1. The van der Waals surface area contributed by atoms with Crippen LogP contribution in [0.3, 0.4) is 0 Å². The van der Waals surface area contributed by atoms with Gasteiger partial charge in [-0.3, -0.25) is 9.78 Å². The zero-order chi connectivity index (χ0) is 48.0. The second kappa shape index (κ2) is 17.8. The maximum absolute atomic E-state index is 17.6. The van der Waals surface area contributed by atoms with Crippen molar-refractivity contribution in [1.82, 2.24) is 19.9 Å². The van der Waals surface area contributed by atoms with Crippen LogP contribution in [0.1, 0.15) is 35.6 Å². The Morgan fingerprint density at radius 1 is 0.647 bits per heavy atom. The van der Waals surface area contributed by atoms with Gasteiger partial charge < -0.3 is 14.7 Å². The third-order valence-electron chi connectivity index (χ3n) is 11.7. The number of H-pyrrole nitrogens is 2. The van der Waals surface area contributed by atoms with Gasteiger partial charge in [-0.05, 0) is 77.2 Å². The molecule has 4 aromatic carbocycles. The van der Waals surface area contributed by atoms with Crippen molar-refractivity contribution in [2.75, 3.05) is 6.61 Å². The van der Waals surface area contributed by atoms with Crippen LogP contribution in [0.25, 0.3) is 84.3 Å². The van der Waals surface area contributed by atoms with Crippen LogP contribution in [0.15, 0.2) is 151 Å². The molecule has 340 valence electrons. The van der Waals surface area contributed by atoms with Gasteiger partial charge >= 0.3 is 23.2 Å². The highest BCUT2D eigenvalue weighted by Gasteiger charge is 2.74. The molecule has 0 fully saturated rings. The van der Waals surface area contributed by atoms with Crippen LogP contribution in [0.2, 0.25) is 0 Å². The lowest BCUT2D eigenvalue weighted by Crippen LogP contribution is -2.52. The number of fused-ring (bicyclic) bond motifs is 8. The number of rotatable bonds is 10. The second-order valence-corrected chi connectivity index (χ2v) is 16.3. The SMILES string of the molecule is CCOC(=O)C(C#N)C1/C(=C(\F)C(F)(F)C(F)(F)C(F)(F)Cl)c2nc1c(-c1ccccc1)c1ccc([nH]1)c(-c1ccccc1)c1nc(c(-c3ccccc3)c3ccc([nH]3)c2-c2ccccc2)C=C1. The first-order valence-electron chi connectivity index (χ1n) is 21.1. The Morgan fingerprint density at radius 2 is 1.04 bits per heavy atom. The zero-order valence-electron chi connectivity index (χ0n) is 35.6. The molecule has 2 aliphatic heterocycles. The van der Waals surface area contributed by atoms with Crippen molar-refractivity contribution < 1.29 is 40.3 Å². The monoisotopic (exact) mass is 941 g/mol. The molecule has 0 radical (unpaired) electrons. The summed E-state index contributed by atoms with van der Waals surface area (Å²) in [5.41, 5.74) is 2.36. The number of allylic oxidation sites excluding steroid dienone is 2. The Kier molecular flexibility index (Phi) is 11.9. The molecular weight excluding hydrogens is 907 g/mol. The Balaban J connectivity index is 1.59. The number of benzene rings is 4. The maximum Gasteiger partial charge on any atom is 0.393 e. The quantitative estimate of drug-likeness (QED) is 0.0807. The predicted octanol–water partition coefficient (Wildman–Crippen LogP) is 14.4. The molecule has 2 unspecified atom stereocenters. The Bertz CT molecular complexity index is 3350. The van der Waals surface area contributed by atoms with Gasteiger partial charge in [0.1, 0.15) is 0 Å². The van der Waals surface area contributed by atoms with Crippen LogP contribution in [0, 0.1) is 17.2 Å². The highest BCUT2D eigenvalue weighted by Crippen LogP contribution is 2.57. The molecule has 7 nitrogen and oxygen atoms in total. The number of ether oxygens (including phenoxy) is 1. The minimum absolute atomic E-state index is 0.0133. The molecule has 2 atom stereocenters. The van der Waals surface area contributed by atoms with Gasteiger partial charge in [0.15, 0.2) is 11.7 Å². The van der Waals surface area contributed by atoms with Crippen LogP contribution in [-0.2, 0) is 9.53 Å². The summed E-state index contributed by atoms with van der Waals surface area (Å²) in [6.07, 6.45) is 3.70. The topological polar surface area (TPSA) is 107 Å². The average molecular weight is 942 g/mol. The van der Waals surface area contributed by atoms with E-state index in [0.29, 0.717) is 39.1 Å². The molecular formula is C53H35ClF7N5O2. The lowest BCUT2D eigenvalue weighted by Gasteiger charge is -2.30. The first-order valence-corrected chi connectivity index (χ1v) is 21.5. The molecule has 9 rings (SSSR count). The van der Waals surface area contributed by atoms with E-state index in [4.69, 9.17) is 14.7 Å². The lowest BCUT2D eigenvalue weighted by atomic mass is 9.79. The normalized spacial score (nSPS) is 15.1. The number of halogens is 8. The fraction of sp³-hybridized carbons (Fsp3) is 0.132. The molecule has 0 amide bonds. The van der Waals surface area contributed by atoms with E-state index in [1.165, 1.54) is 25.1 Å². The van der Waals surface area contributed by atoms with Crippen molar-refractivity contribution >= 4 is 57.4 Å². The summed E-state index contributed by atoms with van der Waals surface area (Å²) in [7, 11) is 0. The second-order valence-electron chi connectivity index (χ2n) is 15.8. The molecule has 2 aliphatic rings. The Morgan fingerprint density at radius 3 is 1.46 bits per heavy atom. The van der Waals surface area contributed by atoms with Gasteiger partial charge in [0.05, 0.1) is 41.4 Å². The summed E-state index contributed by atoms with van der Waals surface area (Å²) in [5, 5.41) is 4.86. The number of nitriles is 1. The van der Waals surface area contributed by atoms with E-state index in [9.17, 15) is 18.8 Å². The summed E-state index contributed by atoms with van der Waals surface area (Å²) < 4.78 is 116. The van der Waals surface area contributed by atoms with Gasteiger partial charge in [0.25, 0.3) is 0 Å². The molecule has 3 aromatic heterocycles. The van der Waals surface area contributed by atoms with Crippen molar-refractivity contribution in [2.45, 2.75) is 30.1 Å². The van der Waals surface area contributed by atoms with Gasteiger partial charge in [0.2, 0.25) is 0 Å². The van der Waals surface area contributed by atoms with Gasteiger partial charge in [-0.1, -0.05) is 121 Å². The highest BCUT2D eigenvalue weighted by atomic mass is 35.5. The number of aromatic nitrogens is 4. The first-order chi connectivity index (χ1) is 32.7. The molecule has 8 bridgehead atoms.